The lowest BCUT2D eigenvalue weighted by Crippen LogP contribution is -2.36. The Morgan fingerprint density at radius 2 is 2.03 bits per heavy atom. The van der Waals surface area contributed by atoms with Crippen LogP contribution < -0.4 is 10.1 Å². The first-order valence-corrected chi connectivity index (χ1v) is 11.7. The van der Waals surface area contributed by atoms with Crippen molar-refractivity contribution >= 4 is 45.9 Å². The van der Waals surface area contributed by atoms with Gasteiger partial charge < -0.3 is 14.8 Å². The van der Waals surface area contributed by atoms with E-state index in [1.807, 2.05) is 31.2 Å². The Morgan fingerprint density at radius 1 is 1.25 bits per heavy atom. The number of hydrogen-bond donors (Lipinski definition) is 1. The molecule has 1 N–H and O–H groups in total. The molecule has 1 unspecified atom stereocenters. The summed E-state index contributed by atoms with van der Waals surface area (Å²) in [5, 5.41) is 4.73. The fourth-order valence-electron chi connectivity index (χ4n) is 3.42. The van der Waals surface area contributed by atoms with Gasteiger partial charge in [-0.25, -0.2) is 9.97 Å². The summed E-state index contributed by atoms with van der Waals surface area (Å²) < 4.78 is 10.6. The Balaban J connectivity index is 1.51. The number of aromatic nitrogens is 2. The number of anilines is 1. The Kier molecular flexibility index (Phi) is 7.47. The summed E-state index contributed by atoms with van der Waals surface area (Å²) >= 11 is 7.60. The molecule has 4 rings (SSSR count). The number of methoxy groups -OCH3 is 1. The van der Waals surface area contributed by atoms with Gasteiger partial charge in [-0.2, -0.15) is 0 Å². The number of benzene rings is 2. The predicted molar refractivity (Wildman–Crippen MR) is 128 cm³/mol. The predicted octanol–water partition coefficient (Wildman–Crippen LogP) is 4.24. The zero-order valence-corrected chi connectivity index (χ0v) is 19.6. The van der Waals surface area contributed by atoms with Crippen LogP contribution in [-0.2, 0) is 16.1 Å². The van der Waals surface area contributed by atoms with Gasteiger partial charge in [-0.15, -0.1) is 0 Å². The van der Waals surface area contributed by atoms with Crippen molar-refractivity contribution in [3.05, 3.63) is 53.3 Å². The number of fused-ring (bicyclic) bond motifs is 1. The number of morpholine rings is 1. The van der Waals surface area contributed by atoms with Gasteiger partial charge in [0.1, 0.15) is 16.6 Å². The fraction of sp³-hybridized carbons (Fsp3) is 0.348. The third-order valence-electron chi connectivity index (χ3n) is 5.16. The number of carbonyl (C=O) groups excluding carboxylic acids is 1. The second-order valence-electron chi connectivity index (χ2n) is 7.45. The topological polar surface area (TPSA) is 76.6 Å². The molecule has 1 saturated heterocycles. The molecule has 0 saturated carbocycles. The molecular formula is C23H25ClN4O3S. The molecule has 7 nitrogen and oxygen atoms in total. The average Bonchev–Trinajstić information content (AvgIpc) is 2.80. The Morgan fingerprint density at radius 3 is 2.78 bits per heavy atom. The number of amides is 1. The van der Waals surface area contributed by atoms with Gasteiger partial charge in [0.25, 0.3) is 0 Å². The molecule has 0 spiro atoms. The second-order valence-corrected chi connectivity index (χ2v) is 9.19. The van der Waals surface area contributed by atoms with Crippen molar-refractivity contribution in [2.75, 3.05) is 38.7 Å². The van der Waals surface area contributed by atoms with Crippen LogP contribution in [0.1, 0.15) is 12.7 Å². The van der Waals surface area contributed by atoms with Crippen LogP contribution in [0.2, 0.25) is 5.02 Å². The third kappa shape index (κ3) is 5.50. The largest absolute Gasteiger partial charge is 0.495 e. The summed E-state index contributed by atoms with van der Waals surface area (Å²) in [4.78, 5) is 24.7. The van der Waals surface area contributed by atoms with Crippen LogP contribution in [0, 0.1) is 0 Å². The second kappa shape index (κ2) is 10.5. The molecular weight excluding hydrogens is 448 g/mol. The van der Waals surface area contributed by atoms with Gasteiger partial charge in [0.2, 0.25) is 5.91 Å². The van der Waals surface area contributed by atoms with Crippen molar-refractivity contribution in [3.63, 3.8) is 0 Å². The SMILES string of the molecule is COc1ccc(NC(=O)C(C)Sc2nc(CN3CCOCC3)nc3ccccc23)cc1Cl. The molecule has 0 aliphatic carbocycles. The van der Waals surface area contributed by atoms with Gasteiger partial charge in [-0.1, -0.05) is 41.6 Å². The van der Waals surface area contributed by atoms with E-state index in [1.54, 1.807) is 25.3 Å². The summed E-state index contributed by atoms with van der Waals surface area (Å²) in [5.41, 5.74) is 1.50. The highest BCUT2D eigenvalue weighted by Crippen LogP contribution is 2.31. The minimum atomic E-state index is -0.370. The van der Waals surface area contributed by atoms with Crippen LogP contribution in [0.15, 0.2) is 47.5 Å². The third-order valence-corrected chi connectivity index (χ3v) is 6.56. The zero-order valence-electron chi connectivity index (χ0n) is 18.0. The molecule has 0 bridgehead atoms. The lowest BCUT2D eigenvalue weighted by Gasteiger charge is -2.26. The fourth-order valence-corrected chi connectivity index (χ4v) is 4.64. The lowest BCUT2D eigenvalue weighted by molar-refractivity contribution is -0.115. The van der Waals surface area contributed by atoms with Crippen molar-refractivity contribution in [3.8, 4) is 5.75 Å². The number of hydrogen-bond acceptors (Lipinski definition) is 7. The number of thioether (sulfide) groups is 1. The first-order valence-electron chi connectivity index (χ1n) is 10.4. The Bertz CT molecular complexity index is 1110. The van der Waals surface area contributed by atoms with Crippen molar-refractivity contribution < 1.29 is 14.3 Å². The molecule has 32 heavy (non-hydrogen) atoms. The van der Waals surface area contributed by atoms with Gasteiger partial charge in [-0.05, 0) is 31.2 Å². The maximum Gasteiger partial charge on any atom is 0.237 e. The molecule has 1 amide bonds. The van der Waals surface area contributed by atoms with E-state index in [9.17, 15) is 4.79 Å². The highest BCUT2D eigenvalue weighted by atomic mass is 35.5. The zero-order chi connectivity index (χ0) is 22.5. The van der Waals surface area contributed by atoms with E-state index in [1.165, 1.54) is 11.8 Å². The number of rotatable bonds is 7. The van der Waals surface area contributed by atoms with Crippen molar-refractivity contribution in [1.82, 2.24) is 14.9 Å². The van der Waals surface area contributed by atoms with Crippen LogP contribution in [0.4, 0.5) is 5.69 Å². The summed E-state index contributed by atoms with van der Waals surface area (Å²) in [6.45, 7) is 5.70. The van der Waals surface area contributed by atoms with E-state index in [-0.39, 0.29) is 11.2 Å². The number of carbonyl (C=O) groups is 1. The van der Waals surface area contributed by atoms with E-state index >= 15 is 0 Å². The minimum Gasteiger partial charge on any atom is -0.495 e. The van der Waals surface area contributed by atoms with Crippen LogP contribution in [-0.4, -0.2) is 59.4 Å². The molecule has 0 radical (unpaired) electrons. The molecule has 1 aromatic heterocycles. The van der Waals surface area contributed by atoms with Crippen molar-refractivity contribution in [1.29, 1.82) is 0 Å². The number of nitrogens with zero attached hydrogens (tertiary/aromatic N) is 3. The van der Waals surface area contributed by atoms with E-state index in [0.29, 0.717) is 23.0 Å². The van der Waals surface area contributed by atoms with Crippen molar-refractivity contribution in [2.24, 2.45) is 0 Å². The minimum absolute atomic E-state index is 0.131. The highest BCUT2D eigenvalue weighted by Gasteiger charge is 2.20. The summed E-state index contributed by atoms with van der Waals surface area (Å²) in [7, 11) is 1.55. The van der Waals surface area contributed by atoms with Gasteiger partial charge >= 0.3 is 0 Å². The molecule has 2 aromatic carbocycles. The number of para-hydroxylation sites is 1. The number of nitrogens with one attached hydrogen (secondary N) is 1. The van der Waals surface area contributed by atoms with E-state index in [2.05, 4.69) is 10.2 Å². The smallest absolute Gasteiger partial charge is 0.237 e. The molecule has 1 aliphatic rings. The maximum absolute atomic E-state index is 12.8. The van der Waals surface area contributed by atoms with Gasteiger partial charge in [0.05, 0.1) is 42.7 Å². The van der Waals surface area contributed by atoms with E-state index < -0.39 is 0 Å². The van der Waals surface area contributed by atoms with Crippen LogP contribution >= 0.6 is 23.4 Å². The molecule has 1 aliphatic heterocycles. The number of halogens is 1. The molecule has 3 aromatic rings. The Hall–Kier alpha value is -2.39. The molecule has 1 fully saturated rings. The van der Waals surface area contributed by atoms with Crippen LogP contribution in [0.5, 0.6) is 5.75 Å². The highest BCUT2D eigenvalue weighted by molar-refractivity contribution is 8.00. The monoisotopic (exact) mass is 472 g/mol. The molecule has 2 heterocycles. The summed E-state index contributed by atoms with van der Waals surface area (Å²) in [6, 6.07) is 13.1. The van der Waals surface area contributed by atoms with Crippen LogP contribution in [0.3, 0.4) is 0 Å². The van der Waals surface area contributed by atoms with Gasteiger partial charge in [0.15, 0.2) is 0 Å². The van der Waals surface area contributed by atoms with E-state index in [4.69, 9.17) is 31.0 Å². The standard InChI is InChI=1S/C23H25ClN4O3S/c1-15(22(29)25-16-7-8-20(30-2)18(24)13-16)32-23-17-5-3-4-6-19(17)26-21(27-23)14-28-9-11-31-12-10-28/h3-8,13,15H,9-12,14H2,1-2H3,(H,25,29). The van der Waals surface area contributed by atoms with Crippen molar-refractivity contribution in [2.45, 2.75) is 23.7 Å². The van der Waals surface area contributed by atoms with E-state index in [0.717, 1.165) is 48.1 Å². The summed E-state index contributed by atoms with van der Waals surface area (Å²) in [5.74, 6) is 1.18. The average molecular weight is 473 g/mol. The lowest BCUT2D eigenvalue weighted by atomic mass is 10.2. The quantitative estimate of drug-likeness (QED) is 0.407. The molecule has 1 atom stereocenters. The molecule has 9 heteroatoms. The van der Waals surface area contributed by atoms with Gasteiger partial charge in [0, 0.05) is 24.2 Å². The number of ether oxygens (including phenoxy) is 2. The summed E-state index contributed by atoms with van der Waals surface area (Å²) in [6.07, 6.45) is 0. The molecule has 168 valence electrons. The maximum atomic E-state index is 12.8. The first kappa shape index (κ1) is 22.8. The normalized spacial score (nSPS) is 15.5. The van der Waals surface area contributed by atoms with Crippen LogP contribution in [0.25, 0.3) is 10.9 Å². The van der Waals surface area contributed by atoms with Gasteiger partial charge in [-0.3, -0.25) is 9.69 Å². The first-order chi connectivity index (χ1) is 15.5. The Labute approximate surface area is 196 Å².